The van der Waals surface area contributed by atoms with E-state index in [0.29, 0.717) is 5.52 Å². The Morgan fingerprint density at radius 2 is 1.86 bits per heavy atom. The van der Waals surface area contributed by atoms with Crippen molar-refractivity contribution < 1.29 is 9.90 Å². The number of carboxylic acids is 1. The van der Waals surface area contributed by atoms with Gasteiger partial charge in [0, 0.05) is 5.39 Å². The van der Waals surface area contributed by atoms with Crippen LogP contribution in [0.25, 0.3) is 10.9 Å². The quantitative estimate of drug-likeness (QED) is 0.726. The van der Waals surface area contributed by atoms with Crippen LogP contribution in [0.1, 0.15) is 10.5 Å². The minimum absolute atomic E-state index is 0. The van der Waals surface area contributed by atoms with Gasteiger partial charge in [0.05, 0.1) is 5.52 Å². The number of para-hydroxylation sites is 1. The molecule has 1 N–H and O–H groups in total. The van der Waals surface area contributed by atoms with Crippen molar-refractivity contribution in [3.63, 3.8) is 0 Å². The van der Waals surface area contributed by atoms with Gasteiger partial charge in [0.25, 0.3) is 0 Å². The summed E-state index contributed by atoms with van der Waals surface area (Å²) in [6, 6.07) is 10.7. The van der Waals surface area contributed by atoms with Gasteiger partial charge in [0.1, 0.15) is 5.69 Å². The number of hydrogen-bond donors (Lipinski definition) is 1. The summed E-state index contributed by atoms with van der Waals surface area (Å²) in [5.74, 6) is -0.995. The van der Waals surface area contributed by atoms with Crippen molar-refractivity contribution in [1.82, 2.24) is 4.98 Å². The molecule has 0 bridgehead atoms. The molecule has 0 saturated carbocycles. The molecule has 0 fully saturated rings. The zero-order valence-electron chi connectivity index (χ0n) is 6.77. The van der Waals surface area contributed by atoms with Crippen molar-refractivity contribution in [2.24, 2.45) is 0 Å². The van der Waals surface area contributed by atoms with Gasteiger partial charge in [0.2, 0.25) is 0 Å². The SMILES string of the molecule is O=C(O)c1ccc2ccccc2n1.[KH]. The van der Waals surface area contributed by atoms with E-state index in [-0.39, 0.29) is 57.1 Å². The summed E-state index contributed by atoms with van der Waals surface area (Å²) in [7, 11) is 0. The summed E-state index contributed by atoms with van der Waals surface area (Å²) in [5.41, 5.74) is 0.793. The Morgan fingerprint density at radius 3 is 2.57 bits per heavy atom. The molecule has 0 aliphatic carbocycles. The van der Waals surface area contributed by atoms with E-state index in [4.69, 9.17) is 5.11 Å². The van der Waals surface area contributed by atoms with Crippen LogP contribution < -0.4 is 0 Å². The molecule has 14 heavy (non-hydrogen) atoms. The Hall–Kier alpha value is -0.264. The maximum atomic E-state index is 10.6. The van der Waals surface area contributed by atoms with Gasteiger partial charge in [-0.3, -0.25) is 0 Å². The summed E-state index contributed by atoms with van der Waals surface area (Å²) in [5, 5.41) is 9.63. The number of aromatic carboxylic acids is 1. The Bertz CT molecular complexity index is 470. The number of rotatable bonds is 1. The molecular weight excluding hydrogens is 205 g/mol. The van der Waals surface area contributed by atoms with E-state index in [2.05, 4.69) is 4.98 Å². The average molecular weight is 213 g/mol. The summed E-state index contributed by atoms with van der Waals surface area (Å²) in [6.07, 6.45) is 0. The third kappa shape index (κ3) is 2.40. The predicted octanol–water partition coefficient (Wildman–Crippen LogP) is 1.28. The van der Waals surface area contributed by atoms with Crippen LogP contribution in [0.15, 0.2) is 36.4 Å². The molecule has 0 amide bonds. The molecular formula is C10H8KNO2. The van der Waals surface area contributed by atoms with E-state index in [1.54, 1.807) is 12.1 Å². The number of benzene rings is 1. The minimum atomic E-state index is -0.995. The molecule has 0 spiro atoms. The number of carbonyl (C=O) groups is 1. The second-order valence-corrected chi connectivity index (χ2v) is 2.69. The molecule has 66 valence electrons. The Balaban J connectivity index is 0.000000980. The van der Waals surface area contributed by atoms with E-state index in [0.717, 1.165) is 5.39 Å². The van der Waals surface area contributed by atoms with Crippen LogP contribution in [-0.2, 0) is 0 Å². The van der Waals surface area contributed by atoms with Gasteiger partial charge >= 0.3 is 57.4 Å². The summed E-state index contributed by atoms with van der Waals surface area (Å²) >= 11 is 0. The van der Waals surface area contributed by atoms with Crippen LogP contribution in [0.5, 0.6) is 0 Å². The molecule has 2 rings (SSSR count). The fourth-order valence-electron chi connectivity index (χ4n) is 1.19. The van der Waals surface area contributed by atoms with Crippen molar-refractivity contribution in [3.05, 3.63) is 42.1 Å². The number of carboxylic acid groups (broad SMARTS) is 1. The van der Waals surface area contributed by atoms with Gasteiger partial charge < -0.3 is 5.11 Å². The number of hydrogen-bond acceptors (Lipinski definition) is 2. The molecule has 3 nitrogen and oxygen atoms in total. The summed E-state index contributed by atoms with van der Waals surface area (Å²) in [4.78, 5) is 14.6. The normalized spacial score (nSPS) is 9.43. The van der Waals surface area contributed by atoms with Crippen LogP contribution in [-0.4, -0.2) is 67.4 Å². The number of pyridine rings is 1. The van der Waals surface area contributed by atoms with Crippen LogP contribution in [0.4, 0.5) is 0 Å². The maximum absolute atomic E-state index is 10.6. The van der Waals surface area contributed by atoms with Gasteiger partial charge in [0.15, 0.2) is 0 Å². The third-order valence-electron chi connectivity index (χ3n) is 1.82. The van der Waals surface area contributed by atoms with Crippen LogP contribution in [0, 0.1) is 0 Å². The van der Waals surface area contributed by atoms with Crippen LogP contribution in [0.3, 0.4) is 0 Å². The van der Waals surface area contributed by atoms with E-state index in [1.165, 1.54) is 6.07 Å². The molecule has 0 radical (unpaired) electrons. The summed E-state index contributed by atoms with van der Waals surface area (Å²) in [6.45, 7) is 0. The first kappa shape index (κ1) is 11.8. The first-order chi connectivity index (χ1) is 6.27. The Kier molecular flexibility index (Phi) is 4.22. The van der Waals surface area contributed by atoms with Crippen LogP contribution >= 0.6 is 0 Å². The van der Waals surface area contributed by atoms with Gasteiger partial charge in [-0.2, -0.15) is 0 Å². The summed E-state index contributed by atoms with van der Waals surface area (Å²) < 4.78 is 0. The molecule has 0 saturated heterocycles. The zero-order chi connectivity index (χ0) is 9.26. The second-order valence-electron chi connectivity index (χ2n) is 2.69. The molecule has 0 aliphatic rings. The van der Waals surface area contributed by atoms with Gasteiger partial charge in [-0.25, -0.2) is 9.78 Å². The fraction of sp³-hybridized carbons (Fsp3) is 0. The standard InChI is InChI=1S/C10H7NO2.K.H/c12-10(13)9-6-5-7-3-1-2-4-8(7)11-9;;/h1-6H,(H,12,13);;. The van der Waals surface area contributed by atoms with Crippen molar-refractivity contribution in [2.45, 2.75) is 0 Å². The molecule has 1 aromatic carbocycles. The van der Waals surface area contributed by atoms with E-state index in [1.807, 2.05) is 18.2 Å². The van der Waals surface area contributed by atoms with Crippen molar-refractivity contribution in [2.75, 3.05) is 0 Å². The second kappa shape index (κ2) is 5.00. The molecule has 0 aliphatic heterocycles. The third-order valence-corrected chi connectivity index (χ3v) is 1.82. The number of fused-ring (bicyclic) bond motifs is 1. The molecule has 1 aromatic heterocycles. The van der Waals surface area contributed by atoms with Crippen molar-refractivity contribution in [1.29, 1.82) is 0 Å². The molecule has 4 heteroatoms. The van der Waals surface area contributed by atoms with Gasteiger partial charge in [-0.05, 0) is 12.1 Å². The first-order valence-corrected chi connectivity index (χ1v) is 3.86. The van der Waals surface area contributed by atoms with Gasteiger partial charge in [-0.15, -0.1) is 0 Å². The topological polar surface area (TPSA) is 50.2 Å². The Morgan fingerprint density at radius 1 is 1.14 bits per heavy atom. The molecule has 1 heterocycles. The van der Waals surface area contributed by atoms with Crippen molar-refractivity contribution in [3.8, 4) is 0 Å². The Labute approximate surface area is 124 Å². The average Bonchev–Trinajstić information content (AvgIpc) is 2.17. The van der Waals surface area contributed by atoms with E-state index < -0.39 is 5.97 Å². The first-order valence-electron chi connectivity index (χ1n) is 3.86. The zero-order valence-corrected chi connectivity index (χ0v) is 6.77. The van der Waals surface area contributed by atoms with E-state index >= 15 is 0 Å². The molecule has 0 unspecified atom stereocenters. The van der Waals surface area contributed by atoms with Crippen molar-refractivity contribution >= 4 is 68.3 Å². The fourth-order valence-corrected chi connectivity index (χ4v) is 1.19. The van der Waals surface area contributed by atoms with Crippen LogP contribution in [0.2, 0.25) is 0 Å². The number of aromatic nitrogens is 1. The molecule has 2 aromatic rings. The molecule has 0 atom stereocenters. The van der Waals surface area contributed by atoms with E-state index in [9.17, 15) is 4.79 Å². The monoisotopic (exact) mass is 213 g/mol. The number of nitrogens with zero attached hydrogens (tertiary/aromatic N) is 1. The van der Waals surface area contributed by atoms with Gasteiger partial charge in [-0.1, -0.05) is 24.3 Å². The predicted molar refractivity (Wildman–Crippen MR) is 55.9 cm³/mol.